The maximum atomic E-state index is 12.4. The summed E-state index contributed by atoms with van der Waals surface area (Å²) in [6.45, 7) is 0.671. The fraction of sp³-hybridized carbons (Fsp3) is 0.235. The Morgan fingerprint density at radius 3 is 2.77 bits per heavy atom. The average molecular weight is 299 g/mol. The molecule has 0 atom stereocenters. The van der Waals surface area contributed by atoms with Crippen LogP contribution < -0.4 is 19.5 Å². The number of anilines is 1. The van der Waals surface area contributed by atoms with Crippen LogP contribution in [0.15, 0.2) is 36.4 Å². The van der Waals surface area contributed by atoms with Gasteiger partial charge in [-0.2, -0.15) is 0 Å². The number of hydrogen-bond acceptors (Lipinski definition) is 4. The molecule has 1 aliphatic rings. The molecule has 1 amide bonds. The number of hydrogen-bond donors (Lipinski definition) is 1. The first-order valence-corrected chi connectivity index (χ1v) is 7.00. The molecule has 0 spiro atoms. The standard InChI is InChI=1S/C17H17NO4/c1-20-13-4-6-16(21-2)14(10-13)18-17(19)12-3-5-15-11(9-12)7-8-22-15/h3-6,9-10H,7-8H2,1-2H3,(H,18,19). The molecule has 0 unspecified atom stereocenters. The van der Waals surface area contributed by atoms with Gasteiger partial charge in [0.15, 0.2) is 0 Å². The molecule has 1 aliphatic heterocycles. The highest BCUT2D eigenvalue weighted by Crippen LogP contribution is 2.30. The zero-order chi connectivity index (χ0) is 15.5. The van der Waals surface area contributed by atoms with Crippen molar-refractivity contribution in [3.8, 4) is 17.2 Å². The molecule has 0 saturated carbocycles. The van der Waals surface area contributed by atoms with Gasteiger partial charge in [-0.05, 0) is 35.9 Å². The Kier molecular flexibility index (Phi) is 3.87. The summed E-state index contributed by atoms with van der Waals surface area (Å²) in [5.41, 5.74) is 2.22. The molecule has 1 N–H and O–H groups in total. The van der Waals surface area contributed by atoms with E-state index in [2.05, 4.69) is 5.32 Å². The van der Waals surface area contributed by atoms with Gasteiger partial charge in [0.05, 0.1) is 26.5 Å². The zero-order valence-electron chi connectivity index (χ0n) is 12.5. The van der Waals surface area contributed by atoms with Crippen LogP contribution in [0.5, 0.6) is 17.2 Å². The fourth-order valence-electron chi connectivity index (χ4n) is 2.43. The van der Waals surface area contributed by atoms with Gasteiger partial charge >= 0.3 is 0 Å². The molecule has 0 bridgehead atoms. The van der Waals surface area contributed by atoms with Crippen LogP contribution in [0.3, 0.4) is 0 Å². The van der Waals surface area contributed by atoms with Crippen LogP contribution in [0.2, 0.25) is 0 Å². The van der Waals surface area contributed by atoms with Crippen LogP contribution in [0.4, 0.5) is 5.69 Å². The Hall–Kier alpha value is -2.69. The summed E-state index contributed by atoms with van der Waals surface area (Å²) >= 11 is 0. The minimum absolute atomic E-state index is 0.193. The van der Waals surface area contributed by atoms with Crippen molar-refractivity contribution in [2.75, 3.05) is 26.1 Å². The molecule has 0 radical (unpaired) electrons. The summed E-state index contributed by atoms with van der Waals surface area (Å²) < 4.78 is 15.9. The number of methoxy groups -OCH3 is 2. The predicted molar refractivity (Wildman–Crippen MR) is 83.1 cm³/mol. The number of ether oxygens (including phenoxy) is 3. The number of carbonyl (C=O) groups excluding carboxylic acids is 1. The van der Waals surface area contributed by atoms with E-state index < -0.39 is 0 Å². The van der Waals surface area contributed by atoms with Gasteiger partial charge in [-0.1, -0.05) is 0 Å². The van der Waals surface area contributed by atoms with E-state index in [0.717, 1.165) is 17.7 Å². The van der Waals surface area contributed by atoms with E-state index in [9.17, 15) is 4.79 Å². The molecule has 0 fully saturated rings. The second-order valence-corrected chi connectivity index (χ2v) is 4.94. The monoisotopic (exact) mass is 299 g/mol. The zero-order valence-corrected chi connectivity index (χ0v) is 12.5. The number of amides is 1. The van der Waals surface area contributed by atoms with Crippen LogP contribution >= 0.6 is 0 Å². The van der Waals surface area contributed by atoms with Crippen molar-refractivity contribution < 1.29 is 19.0 Å². The van der Waals surface area contributed by atoms with Crippen molar-refractivity contribution in [1.29, 1.82) is 0 Å². The highest BCUT2D eigenvalue weighted by atomic mass is 16.5. The van der Waals surface area contributed by atoms with E-state index >= 15 is 0 Å². The number of benzene rings is 2. The van der Waals surface area contributed by atoms with Crippen LogP contribution in [0.25, 0.3) is 0 Å². The van der Waals surface area contributed by atoms with Gasteiger partial charge in [-0.25, -0.2) is 0 Å². The van der Waals surface area contributed by atoms with Gasteiger partial charge < -0.3 is 19.5 Å². The van der Waals surface area contributed by atoms with Gasteiger partial charge in [-0.3, -0.25) is 4.79 Å². The lowest BCUT2D eigenvalue weighted by Crippen LogP contribution is -2.13. The molecule has 2 aromatic carbocycles. The molecule has 3 rings (SSSR count). The number of carbonyl (C=O) groups is 1. The minimum atomic E-state index is -0.193. The largest absolute Gasteiger partial charge is 0.497 e. The number of fused-ring (bicyclic) bond motifs is 1. The SMILES string of the molecule is COc1ccc(OC)c(NC(=O)c2ccc3c(c2)CCO3)c1. The van der Waals surface area contributed by atoms with Gasteiger partial charge in [-0.15, -0.1) is 0 Å². The molecule has 0 aromatic heterocycles. The molecular formula is C17H17NO4. The van der Waals surface area contributed by atoms with Crippen molar-refractivity contribution in [1.82, 2.24) is 0 Å². The predicted octanol–water partition coefficient (Wildman–Crippen LogP) is 2.89. The van der Waals surface area contributed by atoms with Crippen LogP contribution in [0.1, 0.15) is 15.9 Å². The van der Waals surface area contributed by atoms with Gasteiger partial charge in [0.1, 0.15) is 17.2 Å². The minimum Gasteiger partial charge on any atom is -0.497 e. The smallest absolute Gasteiger partial charge is 0.255 e. The number of rotatable bonds is 4. The Labute approximate surface area is 128 Å². The first kappa shape index (κ1) is 14.3. The molecule has 5 nitrogen and oxygen atoms in total. The summed E-state index contributed by atoms with van der Waals surface area (Å²) in [6, 6.07) is 10.7. The summed E-state index contributed by atoms with van der Waals surface area (Å²) in [7, 11) is 3.14. The molecule has 1 heterocycles. The van der Waals surface area contributed by atoms with E-state index in [1.165, 1.54) is 0 Å². The lowest BCUT2D eigenvalue weighted by Gasteiger charge is -2.12. The van der Waals surface area contributed by atoms with Gasteiger partial charge in [0, 0.05) is 18.1 Å². The Bertz CT molecular complexity index is 712. The second-order valence-electron chi connectivity index (χ2n) is 4.94. The quantitative estimate of drug-likeness (QED) is 0.943. The van der Waals surface area contributed by atoms with E-state index in [4.69, 9.17) is 14.2 Å². The van der Waals surface area contributed by atoms with Gasteiger partial charge in [0.25, 0.3) is 5.91 Å². The van der Waals surface area contributed by atoms with E-state index in [1.807, 2.05) is 12.1 Å². The maximum absolute atomic E-state index is 12.4. The summed E-state index contributed by atoms with van der Waals surface area (Å²) in [5.74, 6) is 1.90. The van der Waals surface area contributed by atoms with Crippen molar-refractivity contribution >= 4 is 11.6 Å². The third-order valence-corrected chi connectivity index (χ3v) is 3.61. The fourth-order valence-corrected chi connectivity index (χ4v) is 2.43. The first-order chi connectivity index (χ1) is 10.7. The highest BCUT2D eigenvalue weighted by Gasteiger charge is 2.16. The normalized spacial score (nSPS) is 12.3. The first-order valence-electron chi connectivity index (χ1n) is 7.00. The van der Waals surface area contributed by atoms with Gasteiger partial charge in [0.2, 0.25) is 0 Å². The summed E-state index contributed by atoms with van der Waals surface area (Å²) in [4.78, 5) is 12.4. The van der Waals surface area contributed by atoms with E-state index in [0.29, 0.717) is 29.4 Å². The molecule has 22 heavy (non-hydrogen) atoms. The Balaban J connectivity index is 1.85. The Morgan fingerprint density at radius 2 is 2.00 bits per heavy atom. The van der Waals surface area contributed by atoms with Crippen molar-refractivity contribution in [2.45, 2.75) is 6.42 Å². The molecule has 0 saturated heterocycles. The molecule has 5 heteroatoms. The van der Waals surface area contributed by atoms with Crippen molar-refractivity contribution in [2.24, 2.45) is 0 Å². The van der Waals surface area contributed by atoms with Crippen molar-refractivity contribution in [3.05, 3.63) is 47.5 Å². The highest BCUT2D eigenvalue weighted by molar-refractivity contribution is 6.05. The summed E-state index contributed by atoms with van der Waals surface area (Å²) in [6.07, 6.45) is 0.832. The topological polar surface area (TPSA) is 56.8 Å². The lowest BCUT2D eigenvalue weighted by molar-refractivity contribution is 0.102. The molecule has 2 aromatic rings. The van der Waals surface area contributed by atoms with Crippen molar-refractivity contribution in [3.63, 3.8) is 0 Å². The average Bonchev–Trinajstić information content (AvgIpc) is 3.02. The molecule has 0 aliphatic carbocycles. The summed E-state index contributed by atoms with van der Waals surface area (Å²) in [5, 5.41) is 2.86. The third kappa shape index (κ3) is 2.70. The Morgan fingerprint density at radius 1 is 1.14 bits per heavy atom. The van der Waals surface area contributed by atoms with Crippen LogP contribution in [-0.2, 0) is 6.42 Å². The second kappa shape index (κ2) is 5.97. The molecule has 114 valence electrons. The van der Waals surface area contributed by atoms with E-state index in [1.54, 1.807) is 38.5 Å². The van der Waals surface area contributed by atoms with Crippen LogP contribution in [0, 0.1) is 0 Å². The van der Waals surface area contributed by atoms with E-state index in [-0.39, 0.29) is 5.91 Å². The van der Waals surface area contributed by atoms with Crippen LogP contribution in [-0.4, -0.2) is 26.7 Å². The molecular weight excluding hydrogens is 282 g/mol. The number of nitrogens with one attached hydrogen (secondary N) is 1. The third-order valence-electron chi connectivity index (χ3n) is 3.61. The lowest BCUT2D eigenvalue weighted by atomic mass is 10.1. The maximum Gasteiger partial charge on any atom is 0.255 e.